The van der Waals surface area contributed by atoms with Crippen molar-refractivity contribution in [3.8, 4) is 5.75 Å². The average Bonchev–Trinajstić information content (AvgIpc) is 3.07. The number of nitrogens with zero attached hydrogens (tertiary/aromatic N) is 1. The summed E-state index contributed by atoms with van der Waals surface area (Å²) >= 11 is 6.37. The Morgan fingerprint density at radius 1 is 1.12 bits per heavy atom. The van der Waals surface area contributed by atoms with E-state index in [1.165, 1.54) is 11.1 Å². The highest BCUT2D eigenvalue weighted by Crippen LogP contribution is 2.46. The largest absolute Gasteiger partial charge is 0.490 e. The van der Waals surface area contributed by atoms with Gasteiger partial charge >= 0.3 is 0 Å². The molecule has 0 aromatic heterocycles. The molecule has 2 heterocycles. The van der Waals surface area contributed by atoms with E-state index in [2.05, 4.69) is 21.8 Å². The van der Waals surface area contributed by atoms with Crippen molar-refractivity contribution in [1.29, 1.82) is 0 Å². The molecule has 2 aliphatic carbocycles. The molecule has 1 spiro atoms. The number of sulfonamides is 1. The maximum absolute atomic E-state index is 13.2. The normalized spacial score (nSPS) is 32.0. The molecule has 220 valence electrons. The monoisotopic (exact) mass is 600 g/mol. The van der Waals surface area contributed by atoms with Gasteiger partial charge in [0.25, 0.3) is 5.91 Å². The van der Waals surface area contributed by atoms with Crippen LogP contribution in [-0.4, -0.2) is 62.2 Å². The number of ether oxygens (including phenoxy) is 1. The first-order valence-corrected chi connectivity index (χ1v) is 16.4. The number of amides is 1. The molecule has 3 N–H and O–H groups in total. The van der Waals surface area contributed by atoms with Crippen LogP contribution in [0.15, 0.2) is 48.6 Å². The second-order valence-electron chi connectivity index (χ2n) is 12.1. The minimum atomic E-state index is -4.14. The number of carbonyl (C=O) groups is 1. The standard InChI is InChI=1S/C31H37ClN2O6S/c32-23-9-11-26-20(14-23)4-3-13-31(26)18-34-16-22-7-10-25(22)28(36)6-2-1-5-24(17-35)41(38,39)33-30(37)21-8-12-29(40-19-31)27(34)15-21/h1-2,8-9,11-12,14-15,22,24-25,28,35-36H,3-7,10,13,16-19H2,(H,33,37)/b2-1+/t22-,24-,25+,28-,31-/m0/s1. The Morgan fingerprint density at radius 3 is 2.73 bits per heavy atom. The zero-order valence-electron chi connectivity index (χ0n) is 23.0. The molecule has 41 heavy (non-hydrogen) atoms. The number of carbonyl (C=O) groups excluding carboxylic acids is 1. The summed E-state index contributed by atoms with van der Waals surface area (Å²) in [5.74, 6) is 0.301. The summed E-state index contributed by atoms with van der Waals surface area (Å²) in [7, 11) is -4.14. The van der Waals surface area contributed by atoms with Crippen LogP contribution in [0.4, 0.5) is 5.69 Å². The van der Waals surface area contributed by atoms with E-state index in [4.69, 9.17) is 16.3 Å². The molecule has 2 bridgehead atoms. The van der Waals surface area contributed by atoms with Gasteiger partial charge in [0.05, 0.1) is 25.0 Å². The molecule has 0 radical (unpaired) electrons. The number of aliphatic hydroxyl groups is 2. The molecule has 1 fully saturated rings. The Kier molecular flexibility index (Phi) is 7.82. The summed E-state index contributed by atoms with van der Waals surface area (Å²) < 4.78 is 34.6. The van der Waals surface area contributed by atoms with Crippen LogP contribution in [0, 0.1) is 11.8 Å². The van der Waals surface area contributed by atoms with Gasteiger partial charge in [-0.1, -0.05) is 29.8 Å². The van der Waals surface area contributed by atoms with E-state index in [-0.39, 0.29) is 29.2 Å². The number of hydrogen-bond acceptors (Lipinski definition) is 7. The first-order chi connectivity index (χ1) is 19.7. The Bertz CT molecular complexity index is 1460. The molecule has 0 unspecified atom stereocenters. The van der Waals surface area contributed by atoms with Crippen LogP contribution < -0.4 is 14.4 Å². The molecule has 2 aromatic rings. The van der Waals surface area contributed by atoms with Gasteiger partial charge in [0, 0.05) is 29.1 Å². The number of fused-ring (bicyclic) bond motifs is 4. The SMILES string of the molecule is O=C1NS(=O)(=O)[C@H](CO)C/C=C/C[C@H](O)[C@@H]2CC[C@H]2CN2C[C@@]3(CCCc4cc(Cl)ccc43)COc3ccc1cc32. The number of anilines is 1. The molecule has 2 aromatic carbocycles. The number of aryl methyl sites for hydroxylation is 1. The predicted octanol–water partition coefficient (Wildman–Crippen LogP) is 3.97. The number of halogens is 1. The minimum Gasteiger partial charge on any atom is -0.490 e. The number of rotatable bonds is 1. The molecule has 8 nitrogen and oxygen atoms in total. The Morgan fingerprint density at radius 2 is 1.95 bits per heavy atom. The van der Waals surface area contributed by atoms with E-state index in [1.807, 2.05) is 6.07 Å². The Labute approximate surface area is 246 Å². The van der Waals surface area contributed by atoms with Crippen LogP contribution in [0.2, 0.25) is 5.02 Å². The van der Waals surface area contributed by atoms with Crippen molar-refractivity contribution in [2.45, 2.75) is 61.7 Å². The maximum Gasteiger partial charge on any atom is 0.264 e. The fourth-order valence-corrected chi connectivity index (χ4v) is 8.39. The van der Waals surface area contributed by atoms with E-state index in [1.54, 1.807) is 30.4 Å². The van der Waals surface area contributed by atoms with Crippen LogP contribution in [-0.2, 0) is 21.9 Å². The van der Waals surface area contributed by atoms with Gasteiger partial charge in [-0.25, -0.2) is 13.1 Å². The highest BCUT2D eigenvalue weighted by molar-refractivity contribution is 7.90. The van der Waals surface area contributed by atoms with E-state index in [0.717, 1.165) is 42.8 Å². The van der Waals surface area contributed by atoms with Gasteiger partial charge in [0.2, 0.25) is 10.0 Å². The lowest BCUT2D eigenvalue weighted by atomic mass is 9.68. The zero-order chi connectivity index (χ0) is 28.8. The lowest BCUT2D eigenvalue weighted by Crippen LogP contribution is -2.49. The lowest BCUT2D eigenvalue weighted by molar-refractivity contribution is 0.0177. The highest BCUT2D eigenvalue weighted by Gasteiger charge is 2.44. The Balaban J connectivity index is 1.42. The third kappa shape index (κ3) is 5.49. The van der Waals surface area contributed by atoms with Gasteiger partial charge in [0.15, 0.2) is 0 Å². The van der Waals surface area contributed by atoms with E-state index in [9.17, 15) is 23.4 Å². The minimum absolute atomic E-state index is 0.0422. The molecule has 10 heteroatoms. The number of nitrogens with one attached hydrogen (secondary N) is 1. The maximum atomic E-state index is 13.2. The average molecular weight is 601 g/mol. The van der Waals surface area contributed by atoms with E-state index in [0.29, 0.717) is 31.9 Å². The summed E-state index contributed by atoms with van der Waals surface area (Å²) in [6, 6.07) is 11.2. The van der Waals surface area contributed by atoms with Crippen LogP contribution in [0.5, 0.6) is 5.75 Å². The first-order valence-electron chi connectivity index (χ1n) is 14.5. The van der Waals surface area contributed by atoms with Crippen molar-refractivity contribution < 1.29 is 28.2 Å². The molecule has 5 atom stereocenters. The van der Waals surface area contributed by atoms with Gasteiger partial charge in [-0.15, -0.1) is 0 Å². The van der Waals surface area contributed by atoms with E-state index >= 15 is 0 Å². The number of benzene rings is 2. The summed E-state index contributed by atoms with van der Waals surface area (Å²) in [6.45, 7) is 1.22. The predicted molar refractivity (Wildman–Crippen MR) is 158 cm³/mol. The molecular formula is C31H37ClN2O6S. The van der Waals surface area contributed by atoms with Crippen molar-refractivity contribution in [2.75, 3.05) is 31.2 Å². The second-order valence-corrected chi connectivity index (χ2v) is 14.5. The van der Waals surface area contributed by atoms with Crippen LogP contribution in [0.25, 0.3) is 0 Å². The zero-order valence-corrected chi connectivity index (χ0v) is 24.5. The van der Waals surface area contributed by atoms with Crippen molar-refractivity contribution in [3.63, 3.8) is 0 Å². The van der Waals surface area contributed by atoms with Gasteiger partial charge in [-0.2, -0.15) is 0 Å². The quantitative estimate of drug-likeness (QED) is 0.424. The molecule has 0 saturated heterocycles. The Hall–Kier alpha value is -2.59. The molecule has 4 aliphatic rings. The molecule has 2 aliphatic heterocycles. The van der Waals surface area contributed by atoms with Crippen molar-refractivity contribution >= 4 is 33.2 Å². The van der Waals surface area contributed by atoms with Crippen LogP contribution in [0.1, 0.15) is 60.0 Å². The number of allylic oxidation sites excluding steroid dienone is 1. The first kappa shape index (κ1) is 28.5. The van der Waals surface area contributed by atoms with Crippen molar-refractivity contribution in [2.24, 2.45) is 11.8 Å². The van der Waals surface area contributed by atoms with Gasteiger partial charge in [0.1, 0.15) is 11.0 Å². The number of aliphatic hydroxyl groups excluding tert-OH is 2. The molecule has 1 saturated carbocycles. The highest BCUT2D eigenvalue weighted by atomic mass is 35.5. The lowest BCUT2D eigenvalue weighted by Gasteiger charge is -2.45. The van der Waals surface area contributed by atoms with Crippen LogP contribution >= 0.6 is 11.6 Å². The van der Waals surface area contributed by atoms with Crippen LogP contribution in [0.3, 0.4) is 0 Å². The third-order valence-corrected chi connectivity index (χ3v) is 11.5. The molecule has 6 rings (SSSR count). The van der Waals surface area contributed by atoms with Crippen molar-refractivity contribution in [1.82, 2.24) is 4.72 Å². The summed E-state index contributed by atoms with van der Waals surface area (Å²) in [5.41, 5.74) is 3.15. The summed E-state index contributed by atoms with van der Waals surface area (Å²) in [5, 5.41) is 20.4. The van der Waals surface area contributed by atoms with Gasteiger partial charge < -0.3 is 19.8 Å². The van der Waals surface area contributed by atoms with Crippen molar-refractivity contribution in [3.05, 3.63) is 70.3 Å². The molecular weight excluding hydrogens is 564 g/mol. The topological polar surface area (TPSA) is 116 Å². The third-order valence-electron chi connectivity index (χ3n) is 9.55. The fraction of sp³-hybridized carbons (Fsp3) is 0.516. The summed E-state index contributed by atoms with van der Waals surface area (Å²) in [6.07, 6.45) is 8.21. The van der Waals surface area contributed by atoms with Gasteiger partial charge in [-0.3, -0.25) is 4.79 Å². The van der Waals surface area contributed by atoms with E-state index < -0.39 is 33.9 Å². The fourth-order valence-electron chi connectivity index (χ4n) is 7.10. The second kappa shape index (κ2) is 11.2. The number of hydrogen-bond donors (Lipinski definition) is 3. The van der Waals surface area contributed by atoms with Gasteiger partial charge in [-0.05, 0) is 98.2 Å². The molecule has 1 amide bonds. The smallest absolute Gasteiger partial charge is 0.264 e. The summed E-state index contributed by atoms with van der Waals surface area (Å²) in [4.78, 5) is 15.5.